The standard InChI is InChI=1S/C15H25N3/c1-13(2)10-15(6-3-4-7-15)12-16-11-14-17-8-5-9-18-14/h5,8-9,13,16H,3-4,6-7,10-12H2,1-2H3. The Morgan fingerprint density at radius 1 is 1.22 bits per heavy atom. The highest BCUT2D eigenvalue weighted by atomic mass is 15.0. The topological polar surface area (TPSA) is 37.8 Å². The molecular formula is C15H25N3. The first-order chi connectivity index (χ1) is 8.70. The van der Waals surface area contributed by atoms with Crippen LogP contribution in [0.2, 0.25) is 0 Å². The number of rotatable bonds is 6. The molecule has 1 N–H and O–H groups in total. The highest BCUT2D eigenvalue weighted by molar-refractivity contribution is 4.91. The van der Waals surface area contributed by atoms with E-state index < -0.39 is 0 Å². The van der Waals surface area contributed by atoms with Crippen molar-refractivity contribution in [3.05, 3.63) is 24.3 Å². The van der Waals surface area contributed by atoms with Gasteiger partial charge >= 0.3 is 0 Å². The van der Waals surface area contributed by atoms with Gasteiger partial charge in [0.2, 0.25) is 0 Å². The SMILES string of the molecule is CC(C)CC1(CNCc2ncccn2)CCCC1. The molecule has 1 saturated carbocycles. The first-order valence-electron chi connectivity index (χ1n) is 7.17. The lowest BCUT2D eigenvalue weighted by Crippen LogP contribution is -2.33. The van der Waals surface area contributed by atoms with Crippen LogP contribution in [0, 0.1) is 11.3 Å². The van der Waals surface area contributed by atoms with Crippen molar-refractivity contribution in [1.82, 2.24) is 15.3 Å². The Bertz CT molecular complexity index is 342. The Balaban J connectivity index is 1.83. The molecule has 100 valence electrons. The van der Waals surface area contributed by atoms with E-state index in [0.29, 0.717) is 5.41 Å². The lowest BCUT2D eigenvalue weighted by Gasteiger charge is -2.31. The summed E-state index contributed by atoms with van der Waals surface area (Å²) in [5, 5.41) is 3.56. The average Bonchev–Trinajstić information content (AvgIpc) is 2.78. The zero-order chi connectivity index (χ0) is 12.8. The summed E-state index contributed by atoms with van der Waals surface area (Å²) in [6.07, 6.45) is 10.5. The molecule has 0 amide bonds. The summed E-state index contributed by atoms with van der Waals surface area (Å²) in [6, 6.07) is 1.86. The van der Waals surface area contributed by atoms with E-state index in [9.17, 15) is 0 Å². The van der Waals surface area contributed by atoms with Gasteiger partial charge in [0.1, 0.15) is 5.82 Å². The number of nitrogens with zero attached hydrogens (tertiary/aromatic N) is 2. The molecular weight excluding hydrogens is 222 g/mol. The van der Waals surface area contributed by atoms with E-state index in [1.807, 2.05) is 18.5 Å². The average molecular weight is 247 g/mol. The van der Waals surface area contributed by atoms with E-state index in [-0.39, 0.29) is 0 Å². The maximum absolute atomic E-state index is 4.25. The van der Waals surface area contributed by atoms with Crippen LogP contribution in [-0.4, -0.2) is 16.5 Å². The van der Waals surface area contributed by atoms with Crippen LogP contribution in [0.5, 0.6) is 0 Å². The van der Waals surface area contributed by atoms with Crippen molar-refractivity contribution in [3.8, 4) is 0 Å². The molecule has 2 rings (SSSR count). The van der Waals surface area contributed by atoms with Crippen molar-refractivity contribution in [2.75, 3.05) is 6.54 Å². The van der Waals surface area contributed by atoms with Crippen LogP contribution in [0.3, 0.4) is 0 Å². The summed E-state index contributed by atoms with van der Waals surface area (Å²) >= 11 is 0. The maximum atomic E-state index is 4.25. The van der Waals surface area contributed by atoms with Crippen LogP contribution in [0.15, 0.2) is 18.5 Å². The zero-order valence-corrected chi connectivity index (χ0v) is 11.7. The molecule has 0 atom stereocenters. The van der Waals surface area contributed by atoms with E-state index in [1.165, 1.54) is 32.1 Å². The molecule has 1 heterocycles. The van der Waals surface area contributed by atoms with E-state index in [0.717, 1.165) is 24.8 Å². The Hall–Kier alpha value is -0.960. The second-order valence-electron chi connectivity index (χ2n) is 6.07. The van der Waals surface area contributed by atoms with Gasteiger partial charge in [0, 0.05) is 18.9 Å². The third kappa shape index (κ3) is 3.77. The Morgan fingerprint density at radius 2 is 1.89 bits per heavy atom. The van der Waals surface area contributed by atoms with Crippen molar-refractivity contribution in [2.24, 2.45) is 11.3 Å². The van der Waals surface area contributed by atoms with Crippen molar-refractivity contribution >= 4 is 0 Å². The fraction of sp³-hybridized carbons (Fsp3) is 0.733. The maximum Gasteiger partial charge on any atom is 0.141 e. The summed E-state index contributed by atoms with van der Waals surface area (Å²) in [5.74, 6) is 1.69. The molecule has 1 aliphatic rings. The van der Waals surface area contributed by atoms with E-state index in [1.54, 1.807) is 0 Å². The Labute approximate surface area is 110 Å². The van der Waals surface area contributed by atoms with Crippen LogP contribution >= 0.6 is 0 Å². The second-order valence-corrected chi connectivity index (χ2v) is 6.07. The lowest BCUT2D eigenvalue weighted by molar-refractivity contribution is 0.223. The van der Waals surface area contributed by atoms with Crippen molar-refractivity contribution in [3.63, 3.8) is 0 Å². The third-order valence-corrected chi connectivity index (χ3v) is 3.91. The van der Waals surface area contributed by atoms with Crippen LogP contribution < -0.4 is 5.32 Å². The second kappa shape index (κ2) is 6.28. The van der Waals surface area contributed by atoms with Gasteiger partial charge in [-0.1, -0.05) is 26.7 Å². The van der Waals surface area contributed by atoms with Crippen LogP contribution in [0.25, 0.3) is 0 Å². The summed E-state index contributed by atoms with van der Waals surface area (Å²) in [5.41, 5.74) is 0.531. The van der Waals surface area contributed by atoms with Crippen molar-refractivity contribution < 1.29 is 0 Å². The largest absolute Gasteiger partial charge is 0.309 e. The minimum Gasteiger partial charge on any atom is -0.309 e. The predicted octanol–water partition coefficient (Wildman–Crippen LogP) is 3.17. The summed E-state index contributed by atoms with van der Waals surface area (Å²) in [4.78, 5) is 8.51. The number of aromatic nitrogens is 2. The summed E-state index contributed by atoms with van der Waals surface area (Å²) in [7, 11) is 0. The highest BCUT2D eigenvalue weighted by Gasteiger charge is 2.33. The molecule has 18 heavy (non-hydrogen) atoms. The van der Waals surface area contributed by atoms with Crippen LogP contribution in [0.4, 0.5) is 0 Å². The molecule has 1 aromatic rings. The summed E-state index contributed by atoms with van der Waals surface area (Å²) in [6.45, 7) is 6.57. The molecule has 1 aliphatic carbocycles. The Kier molecular flexibility index (Phi) is 4.70. The third-order valence-electron chi connectivity index (χ3n) is 3.91. The molecule has 0 saturated heterocycles. The van der Waals surface area contributed by atoms with E-state index in [4.69, 9.17) is 0 Å². The van der Waals surface area contributed by atoms with E-state index >= 15 is 0 Å². The van der Waals surface area contributed by atoms with Gasteiger partial charge in [-0.2, -0.15) is 0 Å². The number of hydrogen-bond donors (Lipinski definition) is 1. The molecule has 3 nitrogen and oxygen atoms in total. The first-order valence-corrected chi connectivity index (χ1v) is 7.17. The van der Waals surface area contributed by atoms with Crippen molar-refractivity contribution in [2.45, 2.75) is 52.5 Å². The highest BCUT2D eigenvalue weighted by Crippen LogP contribution is 2.42. The van der Waals surface area contributed by atoms with Gasteiger partial charge in [-0.05, 0) is 36.7 Å². The van der Waals surface area contributed by atoms with Crippen LogP contribution in [0.1, 0.15) is 51.8 Å². The van der Waals surface area contributed by atoms with Crippen LogP contribution in [-0.2, 0) is 6.54 Å². The molecule has 0 spiro atoms. The number of nitrogens with one attached hydrogen (secondary N) is 1. The first kappa shape index (κ1) is 13.5. The molecule has 0 unspecified atom stereocenters. The molecule has 1 fully saturated rings. The smallest absolute Gasteiger partial charge is 0.141 e. The van der Waals surface area contributed by atoms with Gasteiger partial charge in [0.05, 0.1) is 6.54 Å². The normalized spacial score (nSPS) is 18.4. The molecule has 0 radical (unpaired) electrons. The van der Waals surface area contributed by atoms with Crippen molar-refractivity contribution in [1.29, 1.82) is 0 Å². The quantitative estimate of drug-likeness (QED) is 0.839. The molecule has 0 aliphatic heterocycles. The van der Waals surface area contributed by atoms with Gasteiger partial charge in [0.15, 0.2) is 0 Å². The molecule has 0 bridgehead atoms. The fourth-order valence-electron chi connectivity index (χ4n) is 3.30. The number of hydrogen-bond acceptors (Lipinski definition) is 3. The zero-order valence-electron chi connectivity index (χ0n) is 11.7. The summed E-state index contributed by atoms with van der Waals surface area (Å²) < 4.78 is 0. The van der Waals surface area contributed by atoms with Gasteiger partial charge in [-0.15, -0.1) is 0 Å². The fourth-order valence-corrected chi connectivity index (χ4v) is 3.30. The van der Waals surface area contributed by atoms with Gasteiger partial charge < -0.3 is 5.32 Å². The van der Waals surface area contributed by atoms with E-state index in [2.05, 4.69) is 29.1 Å². The predicted molar refractivity (Wildman–Crippen MR) is 74.1 cm³/mol. The van der Waals surface area contributed by atoms with Gasteiger partial charge in [-0.3, -0.25) is 0 Å². The Morgan fingerprint density at radius 3 is 2.50 bits per heavy atom. The molecule has 3 heteroatoms. The minimum absolute atomic E-state index is 0.531. The monoisotopic (exact) mass is 247 g/mol. The van der Waals surface area contributed by atoms with Gasteiger partial charge in [0.25, 0.3) is 0 Å². The van der Waals surface area contributed by atoms with Gasteiger partial charge in [-0.25, -0.2) is 9.97 Å². The lowest BCUT2D eigenvalue weighted by atomic mass is 9.78. The molecule has 1 aromatic heterocycles. The minimum atomic E-state index is 0.531. The molecule has 0 aromatic carbocycles.